The lowest BCUT2D eigenvalue weighted by Crippen LogP contribution is -2.16. The largest absolute Gasteiger partial charge is 0.460 e. The summed E-state index contributed by atoms with van der Waals surface area (Å²) < 4.78 is 34.7. The Morgan fingerprint density at radius 3 is 2.42 bits per heavy atom. The smallest absolute Gasteiger partial charge is 0.313 e. The number of carbonyl (C=O) groups is 1. The van der Waals surface area contributed by atoms with Crippen LogP contribution >= 0.6 is 23.2 Å². The Labute approximate surface area is 160 Å². The van der Waals surface area contributed by atoms with Crippen LogP contribution in [0.25, 0.3) is 0 Å². The van der Waals surface area contributed by atoms with E-state index < -0.39 is 33.5 Å². The number of benzene rings is 2. The minimum absolute atomic E-state index is 0.385. The molecule has 0 radical (unpaired) electrons. The van der Waals surface area contributed by atoms with Crippen LogP contribution < -0.4 is 5.73 Å². The number of ether oxygens (including phenoxy) is 1. The lowest BCUT2D eigenvalue weighted by atomic mass is 10.1. The summed E-state index contributed by atoms with van der Waals surface area (Å²) in [6.45, 7) is 0. The number of halogens is 2. The summed E-state index contributed by atoms with van der Waals surface area (Å²) in [5.74, 6) is -2.07. The van der Waals surface area contributed by atoms with Gasteiger partial charge in [-0.2, -0.15) is 8.42 Å². The second kappa shape index (κ2) is 7.19. The van der Waals surface area contributed by atoms with Gasteiger partial charge in [0, 0.05) is 15.6 Å². The molecule has 0 saturated heterocycles. The Bertz CT molecular complexity index is 986. The molecule has 9 heteroatoms. The predicted molar refractivity (Wildman–Crippen MR) is 96.7 cm³/mol. The number of ketones is 1. The van der Waals surface area contributed by atoms with Gasteiger partial charge < -0.3 is 14.7 Å². The summed E-state index contributed by atoms with van der Waals surface area (Å²) in [6, 6.07) is 12.6. The fraction of sp³-hybridized carbons (Fsp3) is 0.118. The van der Waals surface area contributed by atoms with Crippen molar-refractivity contribution in [2.75, 3.05) is 0 Å². The second-order valence-corrected chi connectivity index (χ2v) is 7.97. The molecular formula is C17H13Cl2NO5S. The summed E-state index contributed by atoms with van der Waals surface area (Å²) in [7, 11) is -4.13. The molecular weight excluding hydrogens is 401 g/mol. The summed E-state index contributed by atoms with van der Waals surface area (Å²) in [5, 5.41) is 0.875. The van der Waals surface area contributed by atoms with E-state index in [2.05, 4.69) is 0 Å². The zero-order chi connectivity index (χ0) is 18.9. The number of hydrogen-bond acceptors (Lipinski definition) is 6. The second-order valence-electron chi connectivity index (χ2n) is 5.52. The summed E-state index contributed by atoms with van der Waals surface area (Å²) >= 11 is 11.7. The number of hydrogen-bond donors (Lipinski definition) is 1. The van der Waals surface area contributed by atoms with E-state index >= 15 is 0 Å². The third kappa shape index (κ3) is 4.12. The zero-order valence-electron chi connectivity index (χ0n) is 13.2. The first-order valence-electron chi connectivity index (χ1n) is 7.38. The van der Waals surface area contributed by atoms with Crippen molar-refractivity contribution < 1.29 is 22.1 Å². The van der Waals surface area contributed by atoms with E-state index in [4.69, 9.17) is 37.9 Å². The van der Waals surface area contributed by atoms with Gasteiger partial charge in [0.05, 0.1) is 0 Å². The van der Waals surface area contributed by atoms with Gasteiger partial charge in [-0.05, 0) is 29.8 Å². The summed E-state index contributed by atoms with van der Waals surface area (Å²) in [5.41, 5.74) is 6.55. The minimum Gasteiger partial charge on any atom is -0.460 e. The first-order valence-corrected chi connectivity index (χ1v) is 9.71. The maximum atomic E-state index is 12.5. The normalized spacial score (nSPS) is 17.3. The highest BCUT2D eigenvalue weighted by Crippen LogP contribution is 2.33. The van der Waals surface area contributed by atoms with Crippen LogP contribution in [0.4, 0.5) is 0 Å². The first kappa shape index (κ1) is 18.6. The average Bonchev–Trinajstić information content (AvgIpc) is 2.83. The quantitative estimate of drug-likeness (QED) is 0.755. The maximum absolute atomic E-state index is 12.5. The molecule has 136 valence electrons. The van der Waals surface area contributed by atoms with E-state index in [-0.39, 0.29) is 5.88 Å². The van der Waals surface area contributed by atoms with Gasteiger partial charge in [0.2, 0.25) is 17.4 Å². The Kier molecular flexibility index (Phi) is 5.13. The van der Waals surface area contributed by atoms with Crippen molar-refractivity contribution in [3.05, 3.63) is 81.3 Å². The lowest BCUT2D eigenvalue weighted by molar-refractivity contribution is -0.123. The van der Waals surface area contributed by atoms with Gasteiger partial charge in [-0.3, -0.25) is 4.79 Å². The molecule has 2 aromatic rings. The van der Waals surface area contributed by atoms with E-state index in [1.165, 1.54) is 6.07 Å². The Morgan fingerprint density at radius 2 is 1.77 bits per heavy atom. The van der Waals surface area contributed by atoms with E-state index in [1.807, 2.05) is 0 Å². The van der Waals surface area contributed by atoms with Crippen LogP contribution in [0, 0.1) is 0 Å². The highest BCUT2D eigenvalue weighted by atomic mass is 35.5. The van der Waals surface area contributed by atoms with Crippen molar-refractivity contribution in [1.29, 1.82) is 0 Å². The molecule has 0 saturated carbocycles. The van der Waals surface area contributed by atoms with E-state index in [0.29, 0.717) is 21.2 Å². The Morgan fingerprint density at radius 1 is 1.08 bits per heavy atom. The number of nitrogens with two attached hydrogens (primary N) is 1. The van der Waals surface area contributed by atoms with Crippen LogP contribution in [0.1, 0.15) is 17.2 Å². The molecule has 3 rings (SSSR count). The van der Waals surface area contributed by atoms with Crippen LogP contribution in [-0.4, -0.2) is 14.2 Å². The maximum Gasteiger partial charge on any atom is 0.313 e. The third-order valence-corrected chi connectivity index (χ3v) is 5.14. The summed E-state index contributed by atoms with van der Waals surface area (Å²) in [4.78, 5) is 12.5. The fourth-order valence-corrected chi connectivity index (χ4v) is 3.80. The molecule has 2 aromatic carbocycles. The van der Waals surface area contributed by atoms with Crippen LogP contribution in [0.15, 0.2) is 60.2 Å². The highest BCUT2D eigenvalue weighted by molar-refractivity contribution is 7.86. The highest BCUT2D eigenvalue weighted by Gasteiger charge is 2.39. The monoisotopic (exact) mass is 413 g/mol. The molecule has 0 aliphatic carbocycles. The van der Waals surface area contributed by atoms with Crippen molar-refractivity contribution in [2.45, 2.75) is 11.9 Å². The SMILES string of the molecule is NC1=C(OS(=O)(=O)Cc2cccc(Cl)c2)C(=O)C(c2ccc(Cl)cc2)O1. The van der Waals surface area contributed by atoms with Crippen molar-refractivity contribution in [3.8, 4) is 0 Å². The summed E-state index contributed by atoms with van der Waals surface area (Å²) in [6.07, 6.45) is -1.08. The molecule has 1 unspecified atom stereocenters. The molecule has 0 aromatic heterocycles. The number of Topliss-reactive ketones (excluding diaryl/α,β-unsaturated/α-hetero) is 1. The molecule has 0 fully saturated rings. The molecule has 6 nitrogen and oxygen atoms in total. The molecule has 1 heterocycles. The van der Waals surface area contributed by atoms with Crippen LogP contribution in [0.5, 0.6) is 0 Å². The number of carbonyl (C=O) groups excluding carboxylic acids is 1. The molecule has 1 atom stereocenters. The van der Waals surface area contributed by atoms with Gasteiger partial charge in [0.1, 0.15) is 5.75 Å². The van der Waals surface area contributed by atoms with Crippen molar-refractivity contribution >= 4 is 39.1 Å². The van der Waals surface area contributed by atoms with Crippen molar-refractivity contribution in [2.24, 2.45) is 5.73 Å². The van der Waals surface area contributed by atoms with Crippen molar-refractivity contribution in [3.63, 3.8) is 0 Å². The predicted octanol–water partition coefficient (Wildman–Crippen LogP) is 3.31. The molecule has 0 spiro atoms. The third-order valence-electron chi connectivity index (χ3n) is 3.55. The van der Waals surface area contributed by atoms with E-state index in [9.17, 15) is 13.2 Å². The van der Waals surface area contributed by atoms with Crippen LogP contribution in [0.3, 0.4) is 0 Å². The Hall–Kier alpha value is -2.22. The Balaban J connectivity index is 1.77. The topological polar surface area (TPSA) is 95.7 Å². The van der Waals surface area contributed by atoms with Gasteiger partial charge in [0.25, 0.3) is 0 Å². The number of rotatable bonds is 5. The average molecular weight is 414 g/mol. The molecule has 1 aliphatic rings. The van der Waals surface area contributed by atoms with E-state index in [0.717, 1.165) is 0 Å². The van der Waals surface area contributed by atoms with Crippen LogP contribution in [-0.2, 0) is 29.6 Å². The molecule has 0 bridgehead atoms. The van der Waals surface area contributed by atoms with Gasteiger partial charge in [-0.1, -0.05) is 47.5 Å². The van der Waals surface area contributed by atoms with E-state index in [1.54, 1.807) is 42.5 Å². The minimum atomic E-state index is -4.13. The van der Waals surface area contributed by atoms with Gasteiger partial charge in [-0.15, -0.1) is 0 Å². The molecule has 2 N–H and O–H groups in total. The van der Waals surface area contributed by atoms with Gasteiger partial charge in [0.15, 0.2) is 6.10 Å². The fourth-order valence-electron chi connectivity index (χ4n) is 2.40. The standard InChI is InChI=1S/C17H13Cl2NO5S/c18-12-6-4-11(5-7-12)15-14(21)16(17(20)24-15)25-26(22,23)9-10-2-1-3-13(19)8-10/h1-8,15H,9,20H2. The van der Waals surface area contributed by atoms with Gasteiger partial charge in [-0.25, -0.2) is 0 Å². The first-order chi connectivity index (χ1) is 12.2. The van der Waals surface area contributed by atoms with Gasteiger partial charge >= 0.3 is 10.1 Å². The molecule has 26 heavy (non-hydrogen) atoms. The lowest BCUT2D eigenvalue weighted by Gasteiger charge is -2.10. The van der Waals surface area contributed by atoms with Crippen molar-refractivity contribution in [1.82, 2.24) is 0 Å². The zero-order valence-corrected chi connectivity index (χ0v) is 15.5. The molecule has 0 amide bonds. The molecule has 1 aliphatic heterocycles. The van der Waals surface area contributed by atoms with Crippen LogP contribution in [0.2, 0.25) is 10.0 Å².